The molecule has 2 atom stereocenters. The molecule has 1 heterocycles. The zero-order chi connectivity index (χ0) is 24.4. The van der Waals surface area contributed by atoms with Crippen LogP contribution in [0.1, 0.15) is 33.6 Å². The van der Waals surface area contributed by atoms with Gasteiger partial charge in [-0.3, -0.25) is 4.79 Å². The van der Waals surface area contributed by atoms with Crippen molar-refractivity contribution in [3.8, 4) is 0 Å². The number of H-pyrrole nitrogens is 1. The van der Waals surface area contributed by atoms with Crippen molar-refractivity contribution in [1.29, 1.82) is 0 Å². The molecule has 8 heteroatoms. The summed E-state index contributed by atoms with van der Waals surface area (Å²) in [4.78, 5) is 15.5. The lowest BCUT2D eigenvalue weighted by Gasteiger charge is -2.27. The van der Waals surface area contributed by atoms with Crippen LogP contribution in [0.25, 0.3) is 10.9 Å². The molecule has 2 saturated carbocycles. The minimum absolute atomic E-state index is 0.0725. The summed E-state index contributed by atoms with van der Waals surface area (Å²) >= 11 is 0. The third-order valence-corrected chi connectivity index (χ3v) is 7.23. The van der Waals surface area contributed by atoms with E-state index >= 15 is 0 Å². The monoisotopic (exact) mass is 476 g/mol. The number of halogens is 3. The quantitative estimate of drug-likeness (QED) is 0.271. The van der Waals surface area contributed by atoms with Gasteiger partial charge >= 0.3 is 6.18 Å². The topological polar surface area (TPSA) is 82.9 Å². The first-order valence-electron chi connectivity index (χ1n) is 11.5. The number of aromatic nitrogens is 1. The molecule has 1 aromatic heterocycles. The first-order valence-corrected chi connectivity index (χ1v) is 11.5. The number of alkyl halides is 3. The molecule has 0 radical (unpaired) electrons. The SMILES string of the molecule is Nc1ccccc1NC1(c2ccc(CNC(=O)c3cc4cc(C(F)(F)F)ccc4[nH]3)cc2)C2CC21. The van der Waals surface area contributed by atoms with E-state index in [2.05, 4.69) is 27.8 Å². The molecule has 0 saturated heterocycles. The van der Waals surface area contributed by atoms with Gasteiger partial charge in [0.2, 0.25) is 0 Å². The number of hydrogen-bond donors (Lipinski definition) is 4. The highest BCUT2D eigenvalue weighted by Crippen LogP contribution is 2.77. The molecule has 2 aliphatic rings. The predicted molar refractivity (Wildman–Crippen MR) is 129 cm³/mol. The van der Waals surface area contributed by atoms with E-state index in [0.717, 1.165) is 29.1 Å². The lowest BCUT2D eigenvalue weighted by atomic mass is 9.93. The van der Waals surface area contributed by atoms with Crippen molar-refractivity contribution in [3.63, 3.8) is 0 Å². The Labute approximate surface area is 199 Å². The molecule has 2 aliphatic carbocycles. The summed E-state index contributed by atoms with van der Waals surface area (Å²) < 4.78 is 38.8. The lowest BCUT2D eigenvalue weighted by molar-refractivity contribution is -0.137. The van der Waals surface area contributed by atoms with Crippen LogP contribution in [0.5, 0.6) is 0 Å². The number of nitrogens with one attached hydrogen (secondary N) is 3. The average molecular weight is 477 g/mol. The molecule has 35 heavy (non-hydrogen) atoms. The van der Waals surface area contributed by atoms with E-state index in [1.807, 2.05) is 36.4 Å². The highest BCUT2D eigenvalue weighted by molar-refractivity contribution is 5.98. The van der Waals surface area contributed by atoms with Gasteiger partial charge in [0.15, 0.2) is 0 Å². The van der Waals surface area contributed by atoms with Crippen LogP contribution in [0.4, 0.5) is 24.5 Å². The number of benzene rings is 3. The van der Waals surface area contributed by atoms with Crippen LogP contribution < -0.4 is 16.4 Å². The molecule has 4 aromatic rings. The molecule has 178 valence electrons. The van der Waals surface area contributed by atoms with Gasteiger partial charge in [-0.05, 0) is 65.8 Å². The number of carbonyl (C=O) groups excluding carboxylic acids is 1. The second-order valence-corrected chi connectivity index (χ2v) is 9.39. The third-order valence-electron chi connectivity index (χ3n) is 7.23. The van der Waals surface area contributed by atoms with E-state index in [1.54, 1.807) is 0 Å². The van der Waals surface area contributed by atoms with Crippen molar-refractivity contribution in [2.75, 3.05) is 11.1 Å². The Morgan fingerprint density at radius 3 is 2.43 bits per heavy atom. The molecule has 6 rings (SSSR count). The van der Waals surface area contributed by atoms with Crippen molar-refractivity contribution in [2.45, 2.75) is 24.7 Å². The van der Waals surface area contributed by atoms with Crippen LogP contribution >= 0.6 is 0 Å². The Hall–Kier alpha value is -3.94. The fourth-order valence-corrected chi connectivity index (χ4v) is 5.07. The second-order valence-electron chi connectivity index (χ2n) is 9.39. The first kappa shape index (κ1) is 21.6. The Kier molecular flexibility index (Phi) is 4.64. The minimum Gasteiger partial charge on any atom is -0.397 e. The zero-order valence-electron chi connectivity index (χ0n) is 18.6. The number of amides is 1. The molecule has 1 amide bonds. The predicted octanol–water partition coefficient (Wildman–Crippen LogP) is 5.66. The van der Waals surface area contributed by atoms with Crippen LogP contribution in [-0.4, -0.2) is 10.9 Å². The van der Waals surface area contributed by atoms with Crippen molar-refractivity contribution in [3.05, 3.63) is 95.2 Å². The maximum Gasteiger partial charge on any atom is 0.416 e. The largest absolute Gasteiger partial charge is 0.416 e. The van der Waals surface area contributed by atoms with E-state index in [4.69, 9.17) is 5.73 Å². The van der Waals surface area contributed by atoms with E-state index in [9.17, 15) is 18.0 Å². The molecule has 0 aliphatic heterocycles. The van der Waals surface area contributed by atoms with E-state index in [1.165, 1.54) is 24.1 Å². The zero-order valence-corrected chi connectivity index (χ0v) is 18.6. The second kappa shape index (κ2) is 7.53. The molecule has 5 nitrogen and oxygen atoms in total. The number of nitrogens with two attached hydrogens (primary N) is 1. The molecule has 5 N–H and O–H groups in total. The van der Waals surface area contributed by atoms with Gasteiger partial charge in [0.05, 0.1) is 22.5 Å². The summed E-state index contributed by atoms with van der Waals surface area (Å²) in [6.07, 6.45) is -3.21. The molecule has 0 spiro atoms. The number of carbonyl (C=O) groups is 1. The van der Waals surface area contributed by atoms with Crippen molar-refractivity contribution < 1.29 is 18.0 Å². The number of fused-ring (bicyclic) bond motifs is 2. The first-order chi connectivity index (χ1) is 16.8. The maximum absolute atomic E-state index is 12.9. The van der Waals surface area contributed by atoms with Gasteiger partial charge in [-0.15, -0.1) is 0 Å². The average Bonchev–Trinajstić information content (AvgIpc) is 3.71. The van der Waals surface area contributed by atoms with Gasteiger partial charge in [0.25, 0.3) is 5.91 Å². The normalized spacial score (nSPS) is 22.5. The van der Waals surface area contributed by atoms with Gasteiger partial charge in [-0.2, -0.15) is 13.2 Å². The molecule has 2 fully saturated rings. The molecule has 3 aromatic carbocycles. The fourth-order valence-electron chi connectivity index (χ4n) is 5.07. The number of para-hydroxylation sites is 2. The fraction of sp³-hybridized carbons (Fsp3) is 0.222. The third kappa shape index (κ3) is 3.69. The van der Waals surface area contributed by atoms with Gasteiger partial charge in [0, 0.05) is 17.4 Å². The molecule has 0 bridgehead atoms. The lowest BCUT2D eigenvalue weighted by Crippen LogP contribution is -2.28. The number of rotatable bonds is 6. The Morgan fingerprint density at radius 2 is 1.77 bits per heavy atom. The van der Waals surface area contributed by atoms with Crippen LogP contribution in [0.15, 0.2) is 72.8 Å². The standard InChI is InChI=1S/C27H23F3N4O/c28-27(29,30)18-9-10-22-16(11-18)12-24(33-22)25(35)32-14-15-5-7-17(8-6-15)26(19-13-20(19)26)34-23-4-2-1-3-21(23)31/h1-12,19-20,33-34H,13-14,31H2,(H,32,35). The minimum atomic E-state index is -4.43. The maximum atomic E-state index is 12.9. The molecular formula is C27H23F3N4O. The summed E-state index contributed by atoms with van der Waals surface area (Å²) in [6.45, 7) is 0.307. The van der Waals surface area contributed by atoms with Crippen molar-refractivity contribution >= 4 is 28.2 Å². The van der Waals surface area contributed by atoms with Crippen molar-refractivity contribution in [1.82, 2.24) is 10.3 Å². The Bertz CT molecular complexity index is 1430. The highest BCUT2D eigenvalue weighted by Gasteiger charge is 2.77. The van der Waals surface area contributed by atoms with Crippen LogP contribution in [0.2, 0.25) is 0 Å². The van der Waals surface area contributed by atoms with Gasteiger partial charge in [0.1, 0.15) is 5.69 Å². The number of anilines is 2. The van der Waals surface area contributed by atoms with Crippen LogP contribution in [-0.2, 0) is 18.3 Å². The number of nitrogen functional groups attached to an aromatic ring is 1. The van der Waals surface area contributed by atoms with Gasteiger partial charge < -0.3 is 21.4 Å². The molecule has 2 unspecified atom stereocenters. The van der Waals surface area contributed by atoms with E-state index < -0.39 is 11.7 Å². The molecular weight excluding hydrogens is 453 g/mol. The van der Waals surface area contributed by atoms with Gasteiger partial charge in [-0.1, -0.05) is 36.4 Å². The highest BCUT2D eigenvalue weighted by atomic mass is 19.4. The van der Waals surface area contributed by atoms with E-state index in [0.29, 0.717) is 29.3 Å². The Morgan fingerprint density at radius 1 is 1.03 bits per heavy atom. The smallest absolute Gasteiger partial charge is 0.397 e. The summed E-state index contributed by atoms with van der Waals surface area (Å²) in [5.41, 5.74) is 9.81. The summed E-state index contributed by atoms with van der Waals surface area (Å²) in [5.74, 6) is 0.861. The summed E-state index contributed by atoms with van der Waals surface area (Å²) in [7, 11) is 0. The summed E-state index contributed by atoms with van der Waals surface area (Å²) in [6, 6.07) is 20.7. The van der Waals surface area contributed by atoms with Crippen LogP contribution in [0, 0.1) is 11.8 Å². The Balaban J connectivity index is 1.13. The number of hydrogen-bond acceptors (Lipinski definition) is 3. The van der Waals surface area contributed by atoms with E-state index in [-0.39, 0.29) is 17.1 Å². The van der Waals surface area contributed by atoms with Crippen molar-refractivity contribution in [2.24, 2.45) is 11.8 Å². The van der Waals surface area contributed by atoms with Gasteiger partial charge in [-0.25, -0.2) is 0 Å². The van der Waals surface area contributed by atoms with Crippen LogP contribution in [0.3, 0.4) is 0 Å². The number of aromatic amines is 1. The summed E-state index contributed by atoms with van der Waals surface area (Å²) in [5, 5.41) is 6.84.